The Kier molecular flexibility index (Phi) is 5.70. The molecule has 2 heterocycles. The molecule has 2 rings (SSSR count). The van der Waals surface area contributed by atoms with Crippen LogP contribution in [0.3, 0.4) is 0 Å². The van der Waals surface area contributed by atoms with Crippen molar-refractivity contribution in [3.05, 3.63) is 40.5 Å². The van der Waals surface area contributed by atoms with E-state index in [9.17, 15) is 0 Å². The van der Waals surface area contributed by atoms with Crippen LogP contribution in [0.25, 0.3) is 0 Å². The molecule has 21 heavy (non-hydrogen) atoms. The molecule has 0 saturated heterocycles. The molecule has 5 heteroatoms. The van der Waals surface area contributed by atoms with Crippen LogP contribution in [0, 0.1) is 5.92 Å². The van der Waals surface area contributed by atoms with Gasteiger partial charge in [-0.05, 0) is 30.8 Å². The molecule has 0 aliphatic rings. The van der Waals surface area contributed by atoms with E-state index in [-0.39, 0.29) is 0 Å². The average Bonchev–Trinajstić information content (AvgIpc) is 3.00. The third-order valence-electron chi connectivity index (χ3n) is 3.43. The molecule has 0 amide bonds. The van der Waals surface area contributed by atoms with Crippen LogP contribution in [0.1, 0.15) is 37.4 Å². The number of hydrogen-bond donors (Lipinski definition) is 1. The fourth-order valence-corrected chi connectivity index (χ4v) is 2.88. The van der Waals surface area contributed by atoms with Gasteiger partial charge in [0.05, 0.1) is 17.9 Å². The highest BCUT2D eigenvalue weighted by Crippen LogP contribution is 2.26. The van der Waals surface area contributed by atoms with Gasteiger partial charge in [-0.3, -0.25) is 4.98 Å². The maximum absolute atomic E-state index is 4.71. The number of thiophene rings is 1. The van der Waals surface area contributed by atoms with E-state index in [1.54, 1.807) is 11.3 Å². The van der Waals surface area contributed by atoms with Gasteiger partial charge in [-0.15, -0.1) is 11.3 Å². The molecule has 0 spiro atoms. The van der Waals surface area contributed by atoms with E-state index in [1.165, 1.54) is 4.88 Å². The monoisotopic (exact) mass is 304 g/mol. The summed E-state index contributed by atoms with van der Waals surface area (Å²) in [6, 6.07) is 4.55. The minimum absolute atomic E-state index is 0.304. The minimum atomic E-state index is 0.304. The van der Waals surface area contributed by atoms with E-state index in [4.69, 9.17) is 4.98 Å². The molecule has 0 aliphatic carbocycles. The Bertz CT molecular complexity index is 539. The Morgan fingerprint density at radius 3 is 2.76 bits per heavy atom. The van der Waals surface area contributed by atoms with Gasteiger partial charge in [0.15, 0.2) is 0 Å². The normalized spacial score (nSPS) is 12.6. The van der Waals surface area contributed by atoms with Crippen molar-refractivity contribution in [2.75, 3.05) is 18.5 Å². The molecule has 0 bridgehead atoms. The van der Waals surface area contributed by atoms with Crippen LogP contribution in [0.2, 0.25) is 0 Å². The summed E-state index contributed by atoms with van der Waals surface area (Å²) in [6.45, 7) is 8.35. The van der Waals surface area contributed by atoms with Gasteiger partial charge in [0, 0.05) is 24.7 Å². The lowest BCUT2D eigenvalue weighted by Gasteiger charge is -2.25. The van der Waals surface area contributed by atoms with Gasteiger partial charge >= 0.3 is 0 Å². The molecule has 1 atom stereocenters. The van der Waals surface area contributed by atoms with Gasteiger partial charge in [0.25, 0.3) is 0 Å². The average molecular weight is 304 g/mol. The maximum Gasteiger partial charge on any atom is 0.147 e. The number of nitrogens with one attached hydrogen (secondary N) is 1. The van der Waals surface area contributed by atoms with Gasteiger partial charge in [0.2, 0.25) is 0 Å². The number of hydrogen-bond acceptors (Lipinski definition) is 5. The van der Waals surface area contributed by atoms with Crippen molar-refractivity contribution in [2.24, 2.45) is 5.92 Å². The van der Waals surface area contributed by atoms with Crippen molar-refractivity contribution in [1.29, 1.82) is 0 Å². The zero-order valence-electron chi connectivity index (χ0n) is 13.2. The summed E-state index contributed by atoms with van der Waals surface area (Å²) < 4.78 is 0. The van der Waals surface area contributed by atoms with E-state index in [0.29, 0.717) is 12.0 Å². The van der Waals surface area contributed by atoms with Gasteiger partial charge in [-0.1, -0.05) is 19.9 Å². The van der Waals surface area contributed by atoms with Crippen LogP contribution in [0.4, 0.5) is 5.82 Å². The molecule has 4 nitrogen and oxygen atoms in total. The lowest BCUT2D eigenvalue weighted by molar-refractivity contribution is 0.547. The Morgan fingerprint density at radius 1 is 1.29 bits per heavy atom. The van der Waals surface area contributed by atoms with Gasteiger partial charge in [0.1, 0.15) is 5.82 Å². The van der Waals surface area contributed by atoms with E-state index < -0.39 is 0 Å². The van der Waals surface area contributed by atoms with Crippen molar-refractivity contribution in [3.63, 3.8) is 0 Å². The van der Waals surface area contributed by atoms with Crippen LogP contribution < -0.4 is 10.2 Å². The van der Waals surface area contributed by atoms with Crippen LogP contribution >= 0.6 is 11.3 Å². The Labute approximate surface area is 131 Å². The minimum Gasteiger partial charge on any atom is -0.351 e. The van der Waals surface area contributed by atoms with E-state index in [2.05, 4.69) is 60.5 Å². The fraction of sp³-hybridized carbons (Fsp3) is 0.500. The van der Waals surface area contributed by atoms with Crippen molar-refractivity contribution in [3.8, 4) is 0 Å². The second-order valence-electron chi connectivity index (χ2n) is 5.70. The molecular weight excluding hydrogens is 280 g/mol. The summed E-state index contributed by atoms with van der Waals surface area (Å²) >= 11 is 1.77. The molecule has 0 fully saturated rings. The summed E-state index contributed by atoms with van der Waals surface area (Å²) in [5, 5.41) is 5.51. The number of aromatic nitrogens is 2. The van der Waals surface area contributed by atoms with Crippen LogP contribution in [-0.2, 0) is 6.54 Å². The summed E-state index contributed by atoms with van der Waals surface area (Å²) in [6.07, 6.45) is 3.66. The molecule has 0 aliphatic heterocycles. The fourth-order valence-electron chi connectivity index (χ4n) is 2.06. The molecule has 0 radical (unpaired) electrons. The van der Waals surface area contributed by atoms with Crippen LogP contribution in [0.5, 0.6) is 0 Å². The van der Waals surface area contributed by atoms with E-state index in [1.807, 2.05) is 12.4 Å². The largest absolute Gasteiger partial charge is 0.351 e. The first-order valence-corrected chi connectivity index (χ1v) is 8.23. The third kappa shape index (κ3) is 4.51. The lowest BCUT2D eigenvalue weighted by Crippen LogP contribution is -2.24. The highest BCUT2D eigenvalue weighted by Gasteiger charge is 2.14. The first-order valence-electron chi connectivity index (χ1n) is 7.35. The topological polar surface area (TPSA) is 41.1 Å². The first kappa shape index (κ1) is 15.9. The third-order valence-corrected chi connectivity index (χ3v) is 4.47. The predicted octanol–water partition coefficient (Wildman–Crippen LogP) is 3.48. The summed E-state index contributed by atoms with van der Waals surface area (Å²) in [5.74, 6) is 1.56. The van der Waals surface area contributed by atoms with Gasteiger partial charge in [-0.25, -0.2) is 4.98 Å². The van der Waals surface area contributed by atoms with Crippen molar-refractivity contribution >= 4 is 17.2 Å². The highest BCUT2D eigenvalue weighted by atomic mass is 32.1. The van der Waals surface area contributed by atoms with Crippen LogP contribution in [-0.4, -0.2) is 23.6 Å². The molecule has 2 aromatic heterocycles. The number of nitrogens with zero attached hydrogens (tertiary/aromatic N) is 3. The standard InChI is InChI=1S/C16H24N4S/c1-12(2)8-17-9-14-10-18-11-16(19-14)20(4)13(3)15-6-5-7-21-15/h5-7,10-13,17H,8-9H2,1-4H3. The Morgan fingerprint density at radius 2 is 2.10 bits per heavy atom. The molecular formula is C16H24N4S. The smallest absolute Gasteiger partial charge is 0.147 e. The van der Waals surface area contributed by atoms with E-state index >= 15 is 0 Å². The molecule has 114 valence electrons. The van der Waals surface area contributed by atoms with Crippen molar-refractivity contribution < 1.29 is 0 Å². The molecule has 2 aromatic rings. The van der Waals surface area contributed by atoms with Gasteiger partial charge < -0.3 is 10.2 Å². The van der Waals surface area contributed by atoms with Crippen molar-refractivity contribution in [2.45, 2.75) is 33.4 Å². The number of anilines is 1. The second kappa shape index (κ2) is 7.52. The maximum atomic E-state index is 4.71. The van der Waals surface area contributed by atoms with E-state index in [0.717, 1.165) is 24.6 Å². The zero-order valence-corrected chi connectivity index (χ0v) is 14.0. The first-order chi connectivity index (χ1) is 10.1. The summed E-state index contributed by atoms with van der Waals surface area (Å²) in [5.41, 5.74) is 0.985. The molecule has 1 N–H and O–H groups in total. The quantitative estimate of drug-likeness (QED) is 0.850. The molecule has 0 aromatic carbocycles. The van der Waals surface area contributed by atoms with Crippen molar-refractivity contribution in [1.82, 2.24) is 15.3 Å². The second-order valence-corrected chi connectivity index (χ2v) is 6.67. The zero-order chi connectivity index (χ0) is 15.2. The Hall–Kier alpha value is -1.46. The lowest BCUT2D eigenvalue weighted by atomic mass is 10.2. The molecule has 1 unspecified atom stereocenters. The summed E-state index contributed by atoms with van der Waals surface area (Å²) in [7, 11) is 2.07. The van der Waals surface area contributed by atoms with Gasteiger partial charge in [-0.2, -0.15) is 0 Å². The number of rotatable bonds is 7. The highest BCUT2D eigenvalue weighted by molar-refractivity contribution is 7.10. The molecule has 0 saturated carbocycles. The van der Waals surface area contributed by atoms with Crippen LogP contribution in [0.15, 0.2) is 29.9 Å². The Balaban J connectivity index is 2.02. The summed E-state index contributed by atoms with van der Waals surface area (Å²) in [4.78, 5) is 12.5. The predicted molar refractivity (Wildman–Crippen MR) is 89.7 cm³/mol. The SMILES string of the molecule is CC(C)CNCc1cncc(N(C)C(C)c2cccs2)n1.